The Kier molecular flexibility index (Phi) is 4.65. The van der Waals surface area contributed by atoms with Crippen molar-refractivity contribution in [1.29, 1.82) is 0 Å². The third kappa shape index (κ3) is 3.61. The molecular weight excluding hydrogens is 292 g/mol. The zero-order valence-corrected chi connectivity index (χ0v) is 13.7. The maximum Gasteiger partial charge on any atom is 0.0948 e. The quantitative estimate of drug-likeness (QED) is 0.711. The molecule has 1 N–H and O–H groups in total. The number of aryl methyl sites for hydroxylation is 2. The van der Waals surface area contributed by atoms with E-state index in [2.05, 4.69) is 41.6 Å². The molecule has 0 aliphatic carbocycles. The smallest absolute Gasteiger partial charge is 0.0948 e. The standard InChI is InChI=1S/C17H20N4S/c1-13-17(15-6-4-3-5-7-15)20-16(22-13)8-9-18-10-14-11-19-21(2)12-14/h3-7,11-12,18H,8-10H2,1-2H3. The second-order valence-corrected chi connectivity index (χ2v) is 6.62. The van der Waals surface area contributed by atoms with E-state index >= 15 is 0 Å². The topological polar surface area (TPSA) is 42.7 Å². The predicted octanol–water partition coefficient (Wildman–Crippen LogP) is 3.18. The Hall–Kier alpha value is -1.98. The van der Waals surface area contributed by atoms with Crippen LogP contribution in [0.2, 0.25) is 0 Å². The molecule has 2 aromatic heterocycles. The highest BCUT2D eigenvalue weighted by atomic mass is 32.1. The summed E-state index contributed by atoms with van der Waals surface area (Å²) in [5.74, 6) is 0. The highest BCUT2D eigenvalue weighted by molar-refractivity contribution is 7.12. The summed E-state index contributed by atoms with van der Waals surface area (Å²) in [7, 11) is 1.94. The number of nitrogens with one attached hydrogen (secondary N) is 1. The number of benzene rings is 1. The molecule has 3 rings (SSSR count). The summed E-state index contributed by atoms with van der Waals surface area (Å²) < 4.78 is 1.83. The molecule has 2 heterocycles. The first kappa shape index (κ1) is 14.9. The first-order chi connectivity index (χ1) is 10.7. The lowest BCUT2D eigenvalue weighted by Crippen LogP contribution is -2.16. The predicted molar refractivity (Wildman–Crippen MR) is 90.9 cm³/mol. The molecule has 4 nitrogen and oxygen atoms in total. The fraction of sp³-hybridized carbons (Fsp3) is 0.294. The van der Waals surface area contributed by atoms with E-state index in [4.69, 9.17) is 4.98 Å². The van der Waals surface area contributed by atoms with Crippen LogP contribution in [0.25, 0.3) is 11.3 Å². The van der Waals surface area contributed by atoms with Gasteiger partial charge >= 0.3 is 0 Å². The van der Waals surface area contributed by atoms with Crippen molar-refractivity contribution in [3.05, 3.63) is 58.2 Å². The molecule has 5 heteroatoms. The number of hydrogen-bond acceptors (Lipinski definition) is 4. The highest BCUT2D eigenvalue weighted by Gasteiger charge is 2.09. The number of aromatic nitrogens is 3. The van der Waals surface area contributed by atoms with E-state index < -0.39 is 0 Å². The monoisotopic (exact) mass is 312 g/mol. The molecular formula is C17H20N4S. The van der Waals surface area contributed by atoms with Gasteiger partial charge in [0.05, 0.1) is 16.9 Å². The van der Waals surface area contributed by atoms with Crippen LogP contribution in [0.4, 0.5) is 0 Å². The number of hydrogen-bond donors (Lipinski definition) is 1. The Bertz CT molecular complexity index is 730. The summed E-state index contributed by atoms with van der Waals surface area (Å²) in [6.45, 7) is 3.92. The van der Waals surface area contributed by atoms with E-state index in [0.29, 0.717) is 0 Å². The number of thiazole rings is 1. The van der Waals surface area contributed by atoms with Gasteiger partial charge < -0.3 is 5.32 Å². The molecule has 114 valence electrons. The molecule has 22 heavy (non-hydrogen) atoms. The van der Waals surface area contributed by atoms with Crippen LogP contribution in [0, 0.1) is 6.92 Å². The Morgan fingerprint density at radius 3 is 2.77 bits per heavy atom. The SMILES string of the molecule is Cc1sc(CCNCc2cnn(C)c2)nc1-c1ccccc1. The van der Waals surface area contributed by atoms with Crippen molar-refractivity contribution < 1.29 is 0 Å². The van der Waals surface area contributed by atoms with Gasteiger partial charge in [-0.25, -0.2) is 4.98 Å². The Balaban J connectivity index is 1.55. The van der Waals surface area contributed by atoms with E-state index in [1.807, 2.05) is 30.2 Å². The van der Waals surface area contributed by atoms with Gasteiger partial charge in [0.25, 0.3) is 0 Å². The fourth-order valence-electron chi connectivity index (χ4n) is 2.41. The first-order valence-electron chi connectivity index (χ1n) is 7.42. The molecule has 0 aliphatic rings. The Morgan fingerprint density at radius 1 is 1.23 bits per heavy atom. The molecule has 0 saturated carbocycles. The Labute approximate surface area is 134 Å². The van der Waals surface area contributed by atoms with Crippen LogP contribution in [-0.2, 0) is 20.0 Å². The van der Waals surface area contributed by atoms with Crippen molar-refractivity contribution in [3.63, 3.8) is 0 Å². The van der Waals surface area contributed by atoms with Crippen LogP contribution < -0.4 is 5.32 Å². The number of nitrogens with zero attached hydrogens (tertiary/aromatic N) is 3. The fourth-order valence-corrected chi connectivity index (χ4v) is 3.37. The minimum atomic E-state index is 0.851. The van der Waals surface area contributed by atoms with E-state index in [1.165, 1.54) is 21.0 Å². The maximum atomic E-state index is 4.79. The van der Waals surface area contributed by atoms with Gasteiger partial charge in [-0.1, -0.05) is 30.3 Å². The van der Waals surface area contributed by atoms with Crippen LogP contribution in [0.3, 0.4) is 0 Å². The van der Waals surface area contributed by atoms with Crippen LogP contribution >= 0.6 is 11.3 Å². The van der Waals surface area contributed by atoms with Gasteiger partial charge in [-0.15, -0.1) is 11.3 Å². The summed E-state index contributed by atoms with van der Waals surface area (Å²) >= 11 is 1.79. The van der Waals surface area contributed by atoms with E-state index in [1.54, 1.807) is 11.3 Å². The van der Waals surface area contributed by atoms with Crippen molar-refractivity contribution in [1.82, 2.24) is 20.1 Å². The summed E-state index contributed by atoms with van der Waals surface area (Å²) in [5, 5.41) is 8.80. The van der Waals surface area contributed by atoms with Crippen LogP contribution in [0.5, 0.6) is 0 Å². The van der Waals surface area contributed by atoms with Crippen molar-refractivity contribution in [2.45, 2.75) is 19.9 Å². The second kappa shape index (κ2) is 6.85. The lowest BCUT2D eigenvalue weighted by atomic mass is 10.1. The molecule has 0 spiro atoms. The first-order valence-corrected chi connectivity index (χ1v) is 8.24. The third-order valence-corrected chi connectivity index (χ3v) is 4.52. The molecule has 0 unspecified atom stereocenters. The van der Waals surface area contributed by atoms with Crippen LogP contribution in [0.15, 0.2) is 42.7 Å². The van der Waals surface area contributed by atoms with Crippen molar-refractivity contribution in [2.24, 2.45) is 7.05 Å². The summed E-state index contributed by atoms with van der Waals surface area (Å²) in [5.41, 5.74) is 3.53. The van der Waals surface area contributed by atoms with Gasteiger partial charge in [-0.3, -0.25) is 4.68 Å². The van der Waals surface area contributed by atoms with Crippen molar-refractivity contribution in [2.75, 3.05) is 6.54 Å². The van der Waals surface area contributed by atoms with Gasteiger partial charge in [0, 0.05) is 48.8 Å². The minimum absolute atomic E-state index is 0.851. The normalized spacial score (nSPS) is 11.0. The van der Waals surface area contributed by atoms with E-state index in [9.17, 15) is 0 Å². The van der Waals surface area contributed by atoms with E-state index in [-0.39, 0.29) is 0 Å². The Morgan fingerprint density at radius 2 is 2.05 bits per heavy atom. The van der Waals surface area contributed by atoms with Crippen LogP contribution in [-0.4, -0.2) is 21.3 Å². The molecule has 0 aliphatic heterocycles. The zero-order chi connectivity index (χ0) is 15.4. The van der Waals surface area contributed by atoms with Crippen molar-refractivity contribution >= 4 is 11.3 Å². The summed E-state index contributed by atoms with van der Waals surface area (Å²) in [4.78, 5) is 6.08. The van der Waals surface area contributed by atoms with Gasteiger partial charge in [0.15, 0.2) is 0 Å². The molecule has 3 aromatic rings. The molecule has 0 fully saturated rings. The van der Waals surface area contributed by atoms with Crippen molar-refractivity contribution in [3.8, 4) is 11.3 Å². The largest absolute Gasteiger partial charge is 0.312 e. The molecule has 0 radical (unpaired) electrons. The molecule has 0 saturated heterocycles. The van der Waals surface area contributed by atoms with Gasteiger partial charge in [-0.05, 0) is 6.92 Å². The van der Waals surface area contributed by atoms with Gasteiger partial charge in [-0.2, -0.15) is 5.10 Å². The molecule has 0 amide bonds. The average molecular weight is 312 g/mol. The second-order valence-electron chi connectivity index (χ2n) is 5.33. The van der Waals surface area contributed by atoms with Gasteiger partial charge in [0.1, 0.15) is 0 Å². The lowest BCUT2D eigenvalue weighted by Gasteiger charge is -2.00. The third-order valence-electron chi connectivity index (χ3n) is 3.49. The maximum absolute atomic E-state index is 4.79. The summed E-state index contributed by atoms with van der Waals surface area (Å²) in [6.07, 6.45) is 4.89. The zero-order valence-electron chi connectivity index (χ0n) is 12.9. The number of rotatable bonds is 6. The minimum Gasteiger partial charge on any atom is -0.312 e. The molecule has 1 aromatic carbocycles. The van der Waals surface area contributed by atoms with E-state index in [0.717, 1.165) is 25.2 Å². The lowest BCUT2D eigenvalue weighted by molar-refractivity contribution is 0.684. The average Bonchev–Trinajstić information content (AvgIpc) is 3.10. The molecule has 0 atom stereocenters. The highest BCUT2D eigenvalue weighted by Crippen LogP contribution is 2.27. The van der Waals surface area contributed by atoms with Crippen LogP contribution in [0.1, 0.15) is 15.4 Å². The molecule has 0 bridgehead atoms. The van der Waals surface area contributed by atoms with Gasteiger partial charge in [0.2, 0.25) is 0 Å². The summed E-state index contributed by atoms with van der Waals surface area (Å²) in [6, 6.07) is 10.4.